The van der Waals surface area contributed by atoms with Gasteiger partial charge in [-0.3, -0.25) is 0 Å². The first-order valence-corrected chi connectivity index (χ1v) is 7.05. The average molecular weight is 273 g/mol. The molecule has 1 aliphatic carbocycles. The van der Waals surface area contributed by atoms with E-state index in [0.717, 1.165) is 11.4 Å². The topological polar surface area (TPSA) is 38.7 Å². The molecule has 4 rings (SSSR count). The van der Waals surface area contributed by atoms with Crippen molar-refractivity contribution in [3.8, 4) is 22.5 Å². The Morgan fingerprint density at radius 2 is 1.52 bits per heavy atom. The molecule has 0 aliphatic heterocycles. The molecule has 0 saturated heterocycles. The van der Waals surface area contributed by atoms with Crippen LogP contribution in [0.2, 0.25) is 0 Å². The van der Waals surface area contributed by atoms with Crippen LogP contribution in [0.1, 0.15) is 25.0 Å². The van der Waals surface area contributed by atoms with Gasteiger partial charge in [0.05, 0.1) is 0 Å². The van der Waals surface area contributed by atoms with Gasteiger partial charge < -0.3 is 0 Å². The maximum atomic E-state index is 4.25. The standard InChI is InChI=1S/C18H15N3/c1-18(2)15-6-4-3-5-13(15)14-8-7-12(9-16(14)18)17-20-10-19-11-21-17/h3-11H,1-2H3. The zero-order valence-corrected chi connectivity index (χ0v) is 12.0. The SMILES string of the molecule is CC1(C)c2ccccc2-c2ccc(-c3ncncn3)cc21. The predicted molar refractivity (Wildman–Crippen MR) is 82.8 cm³/mol. The second kappa shape index (κ2) is 4.22. The van der Waals surface area contributed by atoms with E-state index in [2.05, 4.69) is 71.3 Å². The van der Waals surface area contributed by atoms with Crippen molar-refractivity contribution in [2.75, 3.05) is 0 Å². The fraction of sp³-hybridized carbons (Fsp3) is 0.167. The monoisotopic (exact) mass is 273 g/mol. The highest BCUT2D eigenvalue weighted by molar-refractivity contribution is 5.82. The Hall–Kier alpha value is -2.55. The maximum absolute atomic E-state index is 4.25. The molecule has 0 spiro atoms. The van der Waals surface area contributed by atoms with Gasteiger partial charge in [0.25, 0.3) is 0 Å². The summed E-state index contributed by atoms with van der Waals surface area (Å²) in [5.74, 6) is 0.722. The van der Waals surface area contributed by atoms with Gasteiger partial charge in [0, 0.05) is 11.0 Å². The van der Waals surface area contributed by atoms with Crippen LogP contribution >= 0.6 is 0 Å². The molecule has 3 heteroatoms. The summed E-state index contributed by atoms with van der Waals surface area (Å²) >= 11 is 0. The van der Waals surface area contributed by atoms with E-state index in [4.69, 9.17) is 0 Å². The molecule has 0 N–H and O–H groups in total. The molecular formula is C18H15N3. The van der Waals surface area contributed by atoms with Crippen molar-refractivity contribution in [1.82, 2.24) is 15.0 Å². The third-order valence-corrected chi connectivity index (χ3v) is 4.34. The Morgan fingerprint density at radius 1 is 0.810 bits per heavy atom. The minimum Gasteiger partial charge on any atom is -0.225 e. The summed E-state index contributed by atoms with van der Waals surface area (Å²) in [5.41, 5.74) is 6.41. The van der Waals surface area contributed by atoms with Gasteiger partial charge in [0.2, 0.25) is 0 Å². The summed E-state index contributed by atoms with van der Waals surface area (Å²) < 4.78 is 0. The van der Waals surface area contributed by atoms with E-state index in [1.54, 1.807) is 0 Å². The lowest BCUT2D eigenvalue weighted by Crippen LogP contribution is -2.14. The highest BCUT2D eigenvalue weighted by Crippen LogP contribution is 2.49. The zero-order chi connectivity index (χ0) is 14.4. The van der Waals surface area contributed by atoms with E-state index in [0.29, 0.717) is 0 Å². The molecule has 3 nitrogen and oxygen atoms in total. The summed E-state index contributed by atoms with van der Waals surface area (Å²) in [6, 6.07) is 15.1. The zero-order valence-electron chi connectivity index (χ0n) is 12.0. The van der Waals surface area contributed by atoms with Crippen molar-refractivity contribution in [2.24, 2.45) is 0 Å². The largest absolute Gasteiger partial charge is 0.225 e. The summed E-state index contributed by atoms with van der Waals surface area (Å²) in [4.78, 5) is 12.4. The fourth-order valence-corrected chi connectivity index (χ4v) is 3.23. The molecule has 0 bridgehead atoms. The van der Waals surface area contributed by atoms with Crippen LogP contribution in [-0.2, 0) is 5.41 Å². The molecule has 0 fully saturated rings. The van der Waals surface area contributed by atoms with E-state index in [1.165, 1.54) is 34.9 Å². The molecule has 102 valence electrons. The normalized spacial score (nSPS) is 14.6. The molecule has 0 amide bonds. The quantitative estimate of drug-likeness (QED) is 0.676. The number of hydrogen-bond acceptors (Lipinski definition) is 3. The van der Waals surface area contributed by atoms with E-state index in [-0.39, 0.29) is 5.41 Å². The summed E-state index contributed by atoms with van der Waals surface area (Å²) in [7, 11) is 0. The van der Waals surface area contributed by atoms with Crippen molar-refractivity contribution in [2.45, 2.75) is 19.3 Å². The van der Waals surface area contributed by atoms with E-state index < -0.39 is 0 Å². The van der Waals surface area contributed by atoms with E-state index in [1.807, 2.05) is 0 Å². The first-order chi connectivity index (χ1) is 10.2. The number of benzene rings is 2. The Kier molecular flexibility index (Phi) is 2.45. The van der Waals surface area contributed by atoms with Crippen molar-refractivity contribution < 1.29 is 0 Å². The molecule has 0 radical (unpaired) electrons. The summed E-state index contributed by atoms with van der Waals surface area (Å²) in [6.07, 6.45) is 3.07. The molecule has 3 aromatic rings. The van der Waals surface area contributed by atoms with Crippen LogP contribution in [0.25, 0.3) is 22.5 Å². The smallest absolute Gasteiger partial charge is 0.162 e. The number of aromatic nitrogens is 3. The van der Waals surface area contributed by atoms with Crippen LogP contribution in [0.3, 0.4) is 0 Å². The van der Waals surface area contributed by atoms with Gasteiger partial charge in [-0.1, -0.05) is 50.2 Å². The third-order valence-electron chi connectivity index (χ3n) is 4.34. The van der Waals surface area contributed by atoms with Crippen LogP contribution in [0, 0.1) is 0 Å². The Balaban J connectivity index is 1.94. The minimum atomic E-state index is 0.00890. The van der Waals surface area contributed by atoms with Crippen molar-refractivity contribution in [1.29, 1.82) is 0 Å². The molecule has 1 aromatic heterocycles. The number of fused-ring (bicyclic) bond motifs is 3. The molecule has 1 heterocycles. The average Bonchev–Trinajstić information content (AvgIpc) is 2.77. The van der Waals surface area contributed by atoms with Crippen molar-refractivity contribution in [3.63, 3.8) is 0 Å². The Bertz CT molecular complexity index is 823. The maximum Gasteiger partial charge on any atom is 0.162 e. The molecule has 21 heavy (non-hydrogen) atoms. The van der Waals surface area contributed by atoms with E-state index >= 15 is 0 Å². The van der Waals surface area contributed by atoms with Crippen LogP contribution in [0.4, 0.5) is 0 Å². The first-order valence-electron chi connectivity index (χ1n) is 7.05. The lowest BCUT2D eigenvalue weighted by molar-refractivity contribution is 0.660. The molecule has 0 unspecified atom stereocenters. The lowest BCUT2D eigenvalue weighted by atomic mass is 9.82. The van der Waals surface area contributed by atoms with Gasteiger partial charge in [-0.2, -0.15) is 0 Å². The number of nitrogens with zero attached hydrogens (tertiary/aromatic N) is 3. The Labute approximate surface area is 123 Å². The number of hydrogen-bond donors (Lipinski definition) is 0. The second-order valence-electron chi connectivity index (χ2n) is 5.89. The van der Waals surface area contributed by atoms with Crippen LogP contribution in [0.15, 0.2) is 55.1 Å². The second-order valence-corrected chi connectivity index (χ2v) is 5.89. The highest BCUT2D eigenvalue weighted by Gasteiger charge is 2.35. The fourth-order valence-electron chi connectivity index (χ4n) is 3.23. The van der Waals surface area contributed by atoms with Crippen LogP contribution in [-0.4, -0.2) is 15.0 Å². The highest BCUT2D eigenvalue weighted by atomic mass is 15.0. The van der Waals surface area contributed by atoms with Crippen LogP contribution < -0.4 is 0 Å². The summed E-state index contributed by atoms with van der Waals surface area (Å²) in [5, 5.41) is 0. The lowest BCUT2D eigenvalue weighted by Gasteiger charge is -2.21. The Morgan fingerprint density at radius 3 is 2.33 bits per heavy atom. The number of rotatable bonds is 1. The van der Waals surface area contributed by atoms with Gasteiger partial charge >= 0.3 is 0 Å². The molecule has 2 aromatic carbocycles. The van der Waals surface area contributed by atoms with E-state index in [9.17, 15) is 0 Å². The molecule has 0 atom stereocenters. The van der Waals surface area contributed by atoms with Gasteiger partial charge in [-0.25, -0.2) is 15.0 Å². The minimum absolute atomic E-state index is 0.00890. The third kappa shape index (κ3) is 1.70. The predicted octanol–water partition coefficient (Wildman–Crippen LogP) is 3.84. The summed E-state index contributed by atoms with van der Waals surface area (Å²) in [6.45, 7) is 4.55. The van der Waals surface area contributed by atoms with Gasteiger partial charge in [-0.05, 0) is 28.3 Å². The van der Waals surface area contributed by atoms with Gasteiger partial charge in [0.1, 0.15) is 12.7 Å². The van der Waals surface area contributed by atoms with Crippen molar-refractivity contribution >= 4 is 0 Å². The molecule has 1 aliphatic rings. The van der Waals surface area contributed by atoms with Crippen molar-refractivity contribution in [3.05, 3.63) is 66.2 Å². The first kappa shape index (κ1) is 12.2. The molecular weight excluding hydrogens is 258 g/mol. The van der Waals surface area contributed by atoms with Gasteiger partial charge in [-0.15, -0.1) is 0 Å². The van der Waals surface area contributed by atoms with Gasteiger partial charge in [0.15, 0.2) is 5.82 Å². The van der Waals surface area contributed by atoms with Crippen LogP contribution in [0.5, 0.6) is 0 Å². The molecule has 0 saturated carbocycles.